The van der Waals surface area contributed by atoms with Crippen LogP contribution < -0.4 is 0 Å². The third-order valence-electron chi connectivity index (χ3n) is 1.24. The Morgan fingerprint density at radius 2 is 2.50 bits per heavy atom. The van der Waals surface area contributed by atoms with Crippen molar-refractivity contribution in [2.45, 2.75) is 12.5 Å². The van der Waals surface area contributed by atoms with Gasteiger partial charge in [0.1, 0.15) is 0 Å². The zero-order valence-electron chi connectivity index (χ0n) is 5.23. The topological polar surface area (TPSA) is 63.4 Å². The molecule has 0 aromatic carbocycles. The van der Waals surface area contributed by atoms with Gasteiger partial charge in [-0.2, -0.15) is 0 Å². The highest BCUT2D eigenvalue weighted by molar-refractivity contribution is 5.17. The van der Waals surface area contributed by atoms with Gasteiger partial charge < -0.3 is 5.11 Å². The molecule has 1 rings (SSSR count). The molecule has 0 radical (unpaired) electrons. The Balaban J connectivity index is 2.76. The Hall–Kier alpha value is -1.16. The van der Waals surface area contributed by atoms with E-state index >= 15 is 0 Å². The molecule has 0 amide bonds. The van der Waals surface area contributed by atoms with Crippen LogP contribution in [0.15, 0.2) is 23.9 Å². The molecule has 1 aliphatic carbocycles. The fourth-order valence-corrected chi connectivity index (χ4v) is 0.771. The normalized spacial score (nSPS) is 24.1. The summed E-state index contributed by atoms with van der Waals surface area (Å²) >= 11 is 0. The summed E-state index contributed by atoms with van der Waals surface area (Å²) in [6.07, 6.45) is 4.00. The minimum absolute atomic E-state index is 0.0289. The average molecular weight is 141 g/mol. The quantitative estimate of drug-likeness (QED) is 0.426. The third kappa shape index (κ3) is 1.41. The molecule has 0 spiro atoms. The van der Waals surface area contributed by atoms with Crippen LogP contribution in [-0.2, 0) is 0 Å². The van der Waals surface area contributed by atoms with Crippen LogP contribution in [0.5, 0.6) is 0 Å². The second-order valence-corrected chi connectivity index (χ2v) is 2.05. The lowest BCUT2D eigenvalue weighted by Gasteiger charge is -2.04. The van der Waals surface area contributed by atoms with E-state index in [1.165, 1.54) is 12.2 Å². The number of allylic oxidation sites excluding steroid dienone is 1. The van der Waals surface area contributed by atoms with Crippen molar-refractivity contribution in [3.05, 3.63) is 34.0 Å². The van der Waals surface area contributed by atoms with Crippen molar-refractivity contribution in [1.29, 1.82) is 0 Å². The van der Waals surface area contributed by atoms with Crippen molar-refractivity contribution in [2.75, 3.05) is 0 Å². The molecule has 1 aliphatic rings. The summed E-state index contributed by atoms with van der Waals surface area (Å²) in [6, 6.07) is 0. The Kier molecular flexibility index (Phi) is 1.82. The van der Waals surface area contributed by atoms with Crippen LogP contribution in [0.4, 0.5) is 0 Å². The van der Waals surface area contributed by atoms with Crippen LogP contribution in [0, 0.1) is 10.1 Å². The summed E-state index contributed by atoms with van der Waals surface area (Å²) in [4.78, 5) is 9.56. The summed E-state index contributed by atoms with van der Waals surface area (Å²) in [6.45, 7) is 0. The highest BCUT2D eigenvalue weighted by Crippen LogP contribution is 2.09. The number of hydrogen-bond acceptors (Lipinski definition) is 3. The highest BCUT2D eigenvalue weighted by atomic mass is 16.6. The average Bonchev–Trinajstić information content (AvgIpc) is 1.88. The van der Waals surface area contributed by atoms with Crippen LogP contribution in [0.25, 0.3) is 0 Å². The Morgan fingerprint density at radius 1 is 1.80 bits per heavy atom. The first kappa shape index (κ1) is 6.95. The van der Waals surface area contributed by atoms with Gasteiger partial charge in [0, 0.05) is 12.2 Å². The standard InChI is InChI=1S/C6H7NO3/c8-6-3-1-2-5(4-6)7(9)10/h1-2,4,6,8H,3H2. The fourth-order valence-electron chi connectivity index (χ4n) is 0.771. The maximum Gasteiger partial charge on any atom is 0.267 e. The molecule has 0 aromatic heterocycles. The van der Waals surface area contributed by atoms with Gasteiger partial charge in [0.05, 0.1) is 11.0 Å². The van der Waals surface area contributed by atoms with Gasteiger partial charge in [0.25, 0.3) is 5.70 Å². The minimum atomic E-state index is -0.689. The van der Waals surface area contributed by atoms with E-state index in [4.69, 9.17) is 5.11 Å². The van der Waals surface area contributed by atoms with E-state index in [2.05, 4.69) is 0 Å². The minimum Gasteiger partial charge on any atom is -0.388 e. The molecule has 4 heteroatoms. The van der Waals surface area contributed by atoms with Crippen LogP contribution in [0.3, 0.4) is 0 Å². The van der Waals surface area contributed by atoms with Gasteiger partial charge in [-0.1, -0.05) is 6.08 Å². The number of aliphatic hydroxyl groups excluding tert-OH is 1. The number of hydrogen-bond donors (Lipinski definition) is 1. The van der Waals surface area contributed by atoms with E-state index in [1.807, 2.05) is 0 Å². The highest BCUT2D eigenvalue weighted by Gasteiger charge is 2.12. The van der Waals surface area contributed by atoms with Crippen molar-refractivity contribution < 1.29 is 10.0 Å². The molecule has 0 saturated heterocycles. The first-order chi connectivity index (χ1) is 4.70. The van der Waals surface area contributed by atoms with Gasteiger partial charge in [-0.05, 0) is 6.42 Å². The smallest absolute Gasteiger partial charge is 0.267 e. The van der Waals surface area contributed by atoms with Crippen molar-refractivity contribution in [1.82, 2.24) is 0 Å². The zero-order chi connectivity index (χ0) is 7.56. The first-order valence-electron chi connectivity index (χ1n) is 2.91. The first-order valence-corrected chi connectivity index (χ1v) is 2.91. The molecule has 4 nitrogen and oxygen atoms in total. The van der Waals surface area contributed by atoms with Crippen molar-refractivity contribution in [2.24, 2.45) is 0 Å². The van der Waals surface area contributed by atoms with E-state index in [1.54, 1.807) is 6.08 Å². The molecule has 1 atom stereocenters. The van der Waals surface area contributed by atoms with Crippen molar-refractivity contribution in [3.63, 3.8) is 0 Å². The summed E-state index contributed by atoms with van der Waals surface area (Å²) < 4.78 is 0. The molecule has 0 bridgehead atoms. The molecule has 54 valence electrons. The Labute approximate surface area is 57.6 Å². The Morgan fingerprint density at radius 3 is 2.90 bits per heavy atom. The molecule has 1 N–H and O–H groups in total. The SMILES string of the molecule is O=[N+]([O-])C1=CC(O)CC=C1. The molecule has 0 aromatic rings. The summed E-state index contributed by atoms with van der Waals surface area (Å²) in [5, 5.41) is 19.0. The lowest BCUT2D eigenvalue weighted by molar-refractivity contribution is -0.419. The largest absolute Gasteiger partial charge is 0.388 e. The van der Waals surface area contributed by atoms with Gasteiger partial charge in [-0.25, -0.2) is 0 Å². The zero-order valence-corrected chi connectivity index (χ0v) is 5.23. The number of rotatable bonds is 1. The molecule has 0 aliphatic heterocycles. The maximum atomic E-state index is 10.1. The van der Waals surface area contributed by atoms with Gasteiger partial charge >= 0.3 is 0 Å². The second-order valence-electron chi connectivity index (χ2n) is 2.05. The summed E-state index contributed by atoms with van der Waals surface area (Å²) in [7, 11) is 0. The molecule has 10 heavy (non-hydrogen) atoms. The molecule has 0 fully saturated rings. The van der Waals surface area contributed by atoms with E-state index in [9.17, 15) is 10.1 Å². The number of nitro groups is 1. The summed E-state index contributed by atoms with van der Waals surface area (Å²) in [5.41, 5.74) is -0.0289. The maximum absolute atomic E-state index is 10.1. The van der Waals surface area contributed by atoms with Gasteiger partial charge in [-0.15, -0.1) is 0 Å². The van der Waals surface area contributed by atoms with Crippen LogP contribution in [-0.4, -0.2) is 16.1 Å². The Bertz CT molecular complexity index is 207. The molecular weight excluding hydrogens is 134 g/mol. The fraction of sp³-hybridized carbons (Fsp3) is 0.333. The van der Waals surface area contributed by atoms with Crippen LogP contribution in [0.2, 0.25) is 0 Å². The predicted molar refractivity (Wildman–Crippen MR) is 34.8 cm³/mol. The van der Waals surface area contributed by atoms with E-state index < -0.39 is 11.0 Å². The van der Waals surface area contributed by atoms with Crippen molar-refractivity contribution >= 4 is 0 Å². The van der Waals surface area contributed by atoms with Gasteiger partial charge in [-0.3, -0.25) is 10.1 Å². The number of nitrogens with zero attached hydrogens (tertiary/aromatic N) is 1. The third-order valence-corrected chi connectivity index (χ3v) is 1.24. The van der Waals surface area contributed by atoms with E-state index in [0.29, 0.717) is 6.42 Å². The van der Waals surface area contributed by atoms with Crippen LogP contribution >= 0.6 is 0 Å². The predicted octanol–water partition coefficient (Wildman–Crippen LogP) is 0.468. The van der Waals surface area contributed by atoms with Gasteiger partial charge in [0.2, 0.25) is 0 Å². The molecule has 0 saturated carbocycles. The molecule has 0 heterocycles. The summed E-state index contributed by atoms with van der Waals surface area (Å²) in [5.74, 6) is 0. The van der Waals surface area contributed by atoms with Crippen molar-refractivity contribution in [3.8, 4) is 0 Å². The van der Waals surface area contributed by atoms with Gasteiger partial charge in [0.15, 0.2) is 0 Å². The lowest BCUT2D eigenvalue weighted by Crippen LogP contribution is -2.08. The second kappa shape index (κ2) is 2.62. The van der Waals surface area contributed by atoms with E-state index in [-0.39, 0.29) is 5.70 Å². The van der Waals surface area contributed by atoms with Crippen LogP contribution in [0.1, 0.15) is 6.42 Å². The molecule has 1 unspecified atom stereocenters. The molecular formula is C6H7NO3. The van der Waals surface area contributed by atoms with E-state index in [0.717, 1.165) is 0 Å². The lowest BCUT2D eigenvalue weighted by atomic mass is 10.1. The number of aliphatic hydroxyl groups is 1. The monoisotopic (exact) mass is 141 g/mol.